The Balaban J connectivity index is 1.38. The van der Waals surface area contributed by atoms with Crippen molar-refractivity contribution >= 4 is 24.9 Å². The number of methoxy groups -OCH3 is 2. The lowest BCUT2D eigenvalue weighted by molar-refractivity contribution is -0.145. The molecule has 0 bridgehead atoms. The van der Waals surface area contributed by atoms with Crippen molar-refractivity contribution in [2.45, 2.75) is 56.1 Å². The maximum Gasteiger partial charge on any atom is 0.264 e. The van der Waals surface area contributed by atoms with Crippen LogP contribution in [0.3, 0.4) is 0 Å². The fourth-order valence-electron chi connectivity index (χ4n) is 7.90. The number of amides is 1. The van der Waals surface area contributed by atoms with Crippen molar-refractivity contribution in [2.24, 2.45) is 5.92 Å². The van der Waals surface area contributed by atoms with Crippen LogP contribution in [-0.4, -0.2) is 67.6 Å². The molecule has 0 aliphatic carbocycles. The van der Waals surface area contributed by atoms with E-state index in [-0.39, 0.29) is 36.0 Å². The van der Waals surface area contributed by atoms with Crippen LogP contribution in [0.2, 0.25) is 18.6 Å². The number of rotatable bonds is 12. The number of hydrogen-bond donors (Lipinski definition) is 1. The predicted molar refractivity (Wildman–Crippen MR) is 185 cm³/mol. The summed E-state index contributed by atoms with van der Waals surface area (Å²) in [5, 5.41) is 20.4. The topological polar surface area (TPSA) is 98.9 Å². The number of anilines is 1. The largest absolute Gasteiger partial charge is 0.497 e. The van der Waals surface area contributed by atoms with Gasteiger partial charge >= 0.3 is 0 Å². The lowest BCUT2D eigenvalue weighted by atomic mass is 9.82. The highest BCUT2D eigenvalue weighted by Crippen LogP contribution is 2.60. The van der Waals surface area contributed by atoms with Gasteiger partial charge in [0.05, 0.1) is 52.3 Å². The third-order valence-electron chi connectivity index (χ3n) is 10.3. The minimum Gasteiger partial charge on any atom is -0.497 e. The minimum atomic E-state index is -2.30. The van der Waals surface area contributed by atoms with Crippen LogP contribution < -0.4 is 19.6 Å². The van der Waals surface area contributed by atoms with Crippen LogP contribution >= 0.6 is 0 Å². The number of nitrogens with zero attached hydrogens (tertiary/aromatic N) is 4. The Bertz CT molecular complexity index is 1730. The summed E-state index contributed by atoms with van der Waals surface area (Å²) in [5.74, 6) is 1.05. The minimum absolute atomic E-state index is 0.0584. The quantitative estimate of drug-likeness (QED) is 0.165. The van der Waals surface area contributed by atoms with Gasteiger partial charge in [-0.3, -0.25) is 9.48 Å². The van der Waals surface area contributed by atoms with Crippen LogP contribution in [0.4, 0.5) is 5.69 Å². The molecule has 1 spiro atoms. The molecule has 1 unspecified atom stereocenters. The second-order valence-corrected chi connectivity index (χ2v) is 17.8. The summed E-state index contributed by atoms with van der Waals surface area (Å²) in [7, 11) is 1.02. The number of aliphatic hydroxyl groups is 1. The first-order valence-electron chi connectivity index (χ1n) is 16.2. The van der Waals surface area contributed by atoms with Gasteiger partial charge in [0.25, 0.3) is 5.91 Å². The molecular formula is C37H44N4O5Si. The highest BCUT2D eigenvalue weighted by Gasteiger charge is 2.66. The van der Waals surface area contributed by atoms with Crippen molar-refractivity contribution in [1.29, 1.82) is 0 Å². The van der Waals surface area contributed by atoms with Crippen molar-refractivity contribution in [3.8, 4) is 11.5 Å². The van der Waals surface area contributed by atoms with Gasteiger partial charge in [0.15, 0.2) is 5.60 Å². The molecule has 0 radical (unpaired) electrons. The molecule has 1 aromatic heterocycles. The third kappa shape index (κ3) is 5.58. The maximum absolute atomic E-state index is 14.6. The van der Waals surface area contributed by atoms with Gasteiger partial charge in [0.2, 0.25) is 0 Å². The number of aryl methyl sites for hydroxylation is 1. The SMILES string of the molecule is C=CCN1C(=O)[C@]2(O[C@H](CCn3cc(C(CO)c4ccccc4)nn3)[C@@H]([Si](C)(C)c3ccc(OC)cc3)[C@@H]2C)c2cc(OC)ccc21. The summed E-state index contributed by atoms with van der Waals surface area (Å²) in [6.07, 6.45) is 4.06. The second-order valence-electron chi connectivity index (χ2n) is 13.1. The molecule has 9 nitrogen and oxygen atoms in total. The zero-order valence-electron chi connectivity index (χ0n) is 27.8. The van der Waals surface area contributed by atoms with Crippen LogP contribution in [0, 0.1) is 5.92 Å². The smallest absolute Gasteiger partial charge is 0.264 e. The average molecular weight is 653 g/mol. The van der Waals surface area contributed by atoms with E-state index >= 15 is 0 Å². The Labute approximate surface area is 277 Å². The first-order valence-corrected chi connectivity index (χ1v) is 19.3. The average Bonchev–Trinajstić information content (AvgIpc) is 3.75. The number of carbonyl (C=O) groups excluding carboxylic acids is 1. The van der Waals surface area contributed by atoms with Crippen LogP contribution in [-0.2, 0) is 21.7 Å². The maximum atomic E-state index is 14.6. The number of benzene rings is 3. The molecule has 4 aromatic rings. The summed E-state index contributed by atoms with van der Waals surface area (Å²) in [6, 6.07) is 24.0. The molecular weight excluding hydrogens is 609 g/mol. The lowest BCUT2D eigenvalue weighted by Crippen LogP contribution is -2.51. The molecule has 1 N–H and O–H groups in total. The summed E-state index contributed by atoms with van der Waals surface area (Å²) >= 11 is 0. The monoisotopic (exact) mass is 652 g/mol. The van der Waals surface area contributed by atoms with E-state index in [9.17, 15) is 9.90 Å². The second kappa shape index (κ2) is 13.1. The number of aromatic nitrogens is 3. The number of carbonyl (C=O) groups is 1. The highest BCUT2D eigenvalue weighted by molar-refractivity contribution is 6.91. The van der Waals surface area contributed by atoms with Crippen molar-refractivity contribution < 1.29 is 24.1 Å². The molecule has 3 heterocycles. The summed E-state index contributed by atoms with van der Waals surface area (Å²) in [6.45, 7) is 11.7. The zero-order valence-corrected chi connectivity index (χ0v) is 28.8. The van der Waals surface area contributed by atoms with Gasteiger partial charge in [-0.25, -0.2) is 0 Å². The van der Waals surface area contributed by atoms with E-state index < -0.39 is 13.7 Å². The third-order valence-corrected chi connectivity index (χ3v) is 14.7. The van der Waals surface area contributed by atoms with E-state index in [1.165, 1.54) is 5.19 Å². The molecule has 1 amide bonds. The Morgan fingerprint density at radius 2 is 1.77 bits per heavy atom. The number of ether oxygens (including phenoxy) is 3. The summed E-state index contributed by atoms with van der Waals surface area (Å²) < 4.78 is 20.1. The van der Waals surface area contributed by atoms with E-state index in [1.54, 1.807) is 25.2 Å². The van der Waals surface area contributed by atoms with Crippen molar-refractivity contribution in [2.75, 3.05) is 32.3 Å². The van der Waals surface area contributed by atoms with Gasteiger partial charge in [-0.05, 0) is 47.9 Å². The molecule has 2 aliphatic heterocycles. The normalized spacial score (nSPS) is 22.8. The Morgan fingerprint density at radius 1 is 1.06 bits per heavy atom. The van der Waals surface area contributed by atoms with Crippen LogP contribution in [0.5, 0.6) is 11.5 Å². The first kappa shape index (κ1) is 32.7. The van der Waals surface area contributed by atoms with Crippen molar-refractivity contribution in [1.82, 2.24) is 15.0 Å². The molecule has 1 saturated heterocycles. The number of fused-ring (bicyclic) bond motifs is 2. The van der Waals surface area contributed by atoms with E-state index in [0.717, 1.165) is 22.6 Å². The Morgan fingerprint density at radius 3 is 2.43 bits per heavy atom. The lowest BCUT2D eigenvalue weighted by Gasteiger charge is -2.37. The van der Waals surface area contributed by atoms with E-state index in [4.69, 9.17) is 14.2 Å². The van der Waals surface area contributed by atoms with Gasteiger partial charge in [-0.2, -0.15) is 0 Å². The standard InChI is InChI=1S/C37H44N4O5Si/c1-7-20-41-33-18-15-28(45-4)22-31(33)37(36(41)43)25(2)35(47(5,6)29-16-13-27(44-3)14-17-29)34(46-37)19-21-40-23-32(38-39-40)30(24-42)26-11-9-8-10-12-26/h7-18,22-23,25,30,34-35,42H,1,19-21,24H2,2-6H3/t25-,30?,34+,35-,37+/m0/s1. The van der Waals surface area contributed by atoms with Crippen LogP contribution in [0.25, 0.3) is 0 Å². The molecule has 246 valence electrons. The van der Waals surface area contributed by atoms with Crippen LogP contribution in [0.1, 0.15) is 36.1 Å². The van der Waals surface area contributed by atoms with Gasteiger partial charge in [0, 0.05) is 30.8 Å². The van der Waals surface area contributed by atoms with Gasteiger partial charge in [-0.15, -0.1) is 11.7 Å². The fourth-order valence-corrected chi connectivity index (χ4v) is 12.0. The number of hydrogen-bond acceptors (Lipinski definition) is 7. The van der Waals surface area contributed by atoms with Gasteiger partial charge in [0.1, 0.15) is 11.5 Å². The molecule has 10 heteroatoms. The molecule has 47 heavy (non-hydrogen) atoms. The van der Waals surface area contributed by atoms with Crippen LogP contribution in [0.15, 0.2) is 91.6 Å². The molecule has 5 atom stereocenters. The molecule has 3 aromatic carbocycles. The Hall–Kier alpha value is -4.25. The van der Waals surface area contributed by atoms with Crippen molar-refractivity contribution in [3.05, 3.63) is 108 Å². The van der Waals surface area contributed by atoms with E-state index in [2.05, 4.69) is 49.0 Å². The molecule has 2 aliphatic rings. The zero-order chi connectivity index (χ0) is 33.3. The molecule has 1 fully saturated rings. The molecule has 6 rings (SSSR count). The first-order chi connectivity index (χ1) is 22.7. The fraction of sp³-hybridized carbons (Fsp3) is 0.378. The number of aliphatic hydroxyl groups excluding tert-OH is 1. The van der Waals surface area contributed by atoms with Gasteiger partial charge in [-0.1, -0.05) is 79.0 Å². The summed E-state index contributed by atoms with van der Waals surface area (Å²) in [4.78, 5) is 16.4. The van der Waals surface area contributed by atoms with Crippen molar-refractivity contribution in [3.63, 3.8) is 0 Å². The molecule has 0 saturated carbocycles. The highest BCUT2D eigenvalue weighted by atomic mass is 28.3. The van der Waals surface area contributed by atoms with Gasteiger partial charge < -0.3 is 24.2 Å². The van der Waals surface area contributed by atoms with E-state index in [1.807, 2.05) is 71.5 Å². The van der Waals surface area contributed by atoms with E-state index in [0.29, 0.717) is 31.0 Å². The predicted octanol–water partition coefficient (Wildman–Crippen LogP) is 5.26. The summed E-state index contributed by atoms with van der Waals surface area (Å²) in [5.41, 5.74) is 2.30. The Kier molecular flexibility index (Phi) is 9.11.